The summed E-state index contributed by atoms with van der Waals surface area (Å²) >= 11 is 0. The molecule has 0 aromatic heterocycles. The van der Waals surface area contributed by atoms with Crippen LogP contribution in [-0.4, -0.2) is 0 Å². The van der Waals surface area contributed by atoms with Gasteiger partial charge in [-0.05, 0) is 79.7 Å². The summed E-state index contributed by atoms with van der Waals surface area (Å²) in [5, 5.41) is 0. The second-order valence-electron chi connectivity index (χ2n) is 6.76. The van der Waals surface area contributed by atoms with Gasteiger partial charge in [0.2, 0.25) is 0 Å². The van der Waals surface area contributed by atoms with E-state index in [-0.39, 0.29) is 0 Å². The summed E-state index contributed by atoms with van der Waals surface area (Å²) in [5.41, 5.74) is 3.92. The summed E-state index contributed by atoms with van der Waals surface area (Å²) in [6, 6.07) is 9.48. The van der Waals surface area contributed by atoms with E-state index in [1.54, 1.807) is 30.4 Å². The minimum absolute atomic E-state index is 0.800. The maximum atomic E-state index is 2.37. The molecule has 1 spiro atoms. The maximum Gasteiger partial charge on any atom is -0.0263 e. The molecule has 2 saturated carbocycles. The van der Waals surface area contributed by atoms with Crippen molar-refractivity contribution < 1.29 is 0 Å². The van der Waals surface area contributed by atoms with Gasteiger partial charge < -0.3 is 0 Å². The lowest BCUT2D eigenvalue weighted by atomic mass is 9.76. The Labute approximate surface area is 104 Å². The molecule has 0 saturated heterocycles. The molecule has 6 aliphatic carbocycles. The highest BCUT2D eigenvalue weighted by Gasteiger charge is 2.55. The van der Waals surface area contributed by atoms with Crippen molar-refractivity contribution in [2.24, 2.45) is 17.3 Å². The standard InChI is InChI=1S/C17H22/c1-3-14-4-2-13(1)5-6-15-8-10-17(9-7-14)12-16(17)11-15/h1-4,15-16H,5-12H2/t15?,16-,17+/m1/s1. The Kier molecular flexibility index (Phi) is 2.16. The fourth-order valence-corrected chi connectivity index (χ4v) is 4.41. The highest BCUT2D eigenvalue weighted by molar-refractivity contribution is 5.24. The van der Waals surface area contributed by atoms with Crippen LogP contribution in [0.4, 0.5) is 0 Å². The highest BCUT2D eigenvalue weighted by atomic mass is 14.6. The van der Waals surface area contributed by atoms with Crippen LogP contribution in [0.2, 0.25) is 0 Å². The largest absolute Gasteiger partial charge is 0.0588 e. The molecular weight excluding hydrogens is 204 g/mol. The van der Waals surface area contributed by atoms with Gasteiger partial charge in [0, 0.05) is 0 Å². The molecule has 0 amide bonds. The summed E-state index contributed by atoms with van der Waals surface area (Å²) in [7, 11) is 0. The molecule has 6 aliphatic rings. The van der Waals surface area contributed by atoms with Crippen molar-refractivity contribution in [3.8, 4) is 0 Å². The molecule has 1 unspecified atom stereocenters. The Morgan fingerprint density at radius 2 is 1.65 bits per heavy atom. The van der Waals surface area contributed by atoms with E-state index in [2.05, 4.69) is 24.3 Å². The fourth-order valence-electron chi connectivity index (χ4n) is 4.41. The zero-order valence-corrected chi connectivity index (χ0v) is 10.6. The smallest absolute Gasteiger partial charge is 0.0263 e. The van der Waals surface area contributed by atoms with E-state index < -0.39 is 0 Å². The van der Waals surface area contributed by atoms with E-state index in [9.17, 15) is 0 Å². The lowest BCUT2D eigenvalue weighted by Gasteiger charge is -2.29. The van der Waals surface area contributed by atoms with E-state index >= 15 is 0 Å². The molecule has 2 fully saturated rings. The minimum Gasteiger partial charge on any atom is -0.0588 e. The SMILES string of the molecule is c1cc2ccc1CCC1CC[C@@]3(CC2)C[C@H]3C1. The Hall–Kier alpha value is -0.780. The predicted octanol–water partition coefficient (Wildman–Crippen LogP) is 4.37. The van der Waals surface area contributed by atoms with E-state index in [0.29, 0.717) is 0 Å². The zero-order chi connectivity index (χ0) is 11.3. The molecule has 0 nitrogen and oxygen atoms in total. The first-order chi connectivity index (χ1) is 8.34. The minimum atomic E-state index is 0.800. The van der Waals surface area contributed by atoms with Crippen LogP contribution in [0.25, 0.3) is 0 Å². The molecule has 1 aromatic carbocycles. The summed E-state index contributed by atoms with van der Waals surface area (Å²) < 4.78 is 0. The highest BCUT2D eigenvalue weighted by Crippen LogP contribution is 2.65. The summed E-state index contributed by atoms with van der Waals surface area (Å²) in [6.45, 7) is 0. The molecule has 0 N–H and O–H groups in total. The average Bonchev–Trinajstić information content (AvgIpc) is 3.07. The van der Waals surface area contributed by atoms with E-state index in [1.165, 1.54) is 32.1 Å². The Bertz CT molecular complexity index is 416. The van der Waals surface area contributed by atoms with Crippen LogP contribution in [-0.2, 0) is 12.8 Å². The van der Waals surface area contributed by atoms with E-state index in [0.717, 1.165) is 17.3 Å². The van der Waals surface area contributed by atoms with Crippen molar-refractivity contribution >= 4 is 0 Å². The predicted molar refractivity (Wildman–Crippen MR) is 71.0 cm³/mol. The monoisotopic (exact) mass is 226 g/mol. The quantitative estimate of drug-likeness (QED) is 0.616. The molecule has 0 radical (unpaired) electrons. The Morgan fingerprint density at radius 3 is 2.41 bits per heavy atom. The summed E-state index contributed by atoms with van der Waals surface area (Å²) in [5.74, 6) is 2.15. The van der Waals surface area contributed by atoms with Gasteiger partial charge in [-0.2, -0.15) is 0 Å². The van der Waals surface area contributed by atoms with Crippen LogP contribution >= 0.6 is 0 Å². The van der Waals surface area contributed by atoms with Crippen LogP contribution in [0.5, 0.6) is 0 Å². The van der Waals surface area contributed by atoms with Gasteiger partial charge in [0.05, 0.1) is 0 Å². The van der Waals surface area contributed by atoms with Gasteiger partial charge in [-0.15, -0.1) is 0 Å². The van der Waals surface area contributed by atoms with Gasteiger partial charge in [-0.25, -0.2) is 0 Å². The van der Waals surface area contributed by atoms with E-state index in [1.807, 2.05) is 0 Å². The molecule has 90 valence electrons. The van der Waals surface area contributed by atoms with Gasteiger partial charge in [0.25, 0.3) is 0 Å². The summed E-state index contributed by atoms with van der Waals surface area (Å²) in [4.78, 5) is 0. The van der Waals surface area contributed by atoms with Gasteiger partial charge in [-0.3, -0.25) is 0 Å². The Balaban J connectivity index is 1.64. The van der Waals surface area contributed by atoms with Gasteiger partial charge >= 0.3 is 0 Å². The topological polar surface area (TPSA) is 0 Å². The molecule has 7 rings (SSSR count). The van der Waals surface area contributed by atoms with Gasteiger partial charge in [0.15, 0.2) is 0 Å². The number of aryl methyl sites for hydroxylation is 2. The summed E-state index contributed by atoms with van der Waals surface area (Å²) in [6.07, 6.45) is 11.7. The molecule has 0 heteroatoms. The van der Waals surface area contributed by atoms with Crippen molar-refractivity contribution in [1.29, 1.82) is 0 Å². The van der Waals surface area contributed by atoms with Crippen molar-refractivity contribution in [3.05, 3.63) is 35.4 Å². The van der Waals surface area contributed by atoms with Gasteiger partial charge in [0.1, 0.15) is 0 Å². The molecule has 0 aliphatic heterocycles. The lowest BCUT2D eigenvalue weighted by Crippen LogP contribution is -2.18. The van der Waals surface area contributed by atoms with Gasteiger partial charge in [-0.1, -0.05) is 24.3 Å². The fraction of sp³-hybridized carbons (Fsp3) is 0.647. The molecule has 17 heavy (non-hydrogen) atoms. The average molecular weight is 226 g/mol. The number of benzene rings is 1. The Morgan fingerprint density at radius 1 is 0.882 bits per heavy atom. The van der Waals surface area contributed by atoms with E-state index in [4.69, 9.17) is 0 Å². The second kappa shape index (κ2) is 3.60. The molecule has 4 bridgehead atoms. The first kappa shape index (κ1) is 10.2. The van der Waals surface area contributed by atoms with Crippen molar-refractivity contribution in [2.45, 2.75) is 51.4 Å². The second-order valence-corrected chi connectivity index (χ2v) is 6.76. The maximum absolute atomic E-state index is 2.37. The number of hydrogen-bond acceptors (Lipinski definition) is 0. The van der Waals surface area contributed by atoms with Crippen molar-refractivity contribution in [3.63, 3.8) is 0 Å². The van der Waals surface area contributed by atoms with Crippen LogP contribution in [0.1, 0.15) is 49.7 Å². The molecular formula is C17H22. The third kappa shape index (κ3) is 1.73. The first-order valence-corrected chi connectivity index (χ1v) is 7.42. The van der Waals surface area contributed by atoms with Crippen molar-refractivity contribution in [1.82, 2.24) is 0 Å². The number of hydrogen-bond donors (Lipinski definition) is 0. The molecule has 1 aromatic rings. The van der Waals surface area contributed by atoms with Crippen molar-refractivity contribution in [2.75, 3.05) is 0 Å². The van der Waals surface area contributed by atoms with Crippen LogP contribution in [0, 0.1) is 17.3 Å². The zero-order valence-electron chi connectivity index (χ0n) is 10.6. The lowest BCUT2D eigenvalue weighted by molar-refractivity contribution is 0.240. The van der Waals surface area contributed by atoms with Crippen LogP contribution in [0.3, 0.4) is 0 Å². The third-order valence-electron chi connectivity index (χ3n) is 5.80. The van der Waals surface area contributed by atoms with Crippen LogP contribution < -0.4 is 0 Å². The molecule has 3 atom stereocenters. The molecule has 0 heterocycles. The third-order valence-corrected chi connectivity index (χ3v) is 5.80. The normalized spacial score (nSPS) is 39.3. The van der Waals surface area contributed by atoms with Crippen LogP contribution in [0.15, 0.2) is 24.3 Å². The number of rotatable bonds is 0. The first-order valence-electron chi connectivity index (χ1n) is 7.42.